The lowest BCUT2D eigenvalue weighted by molar-refractivity contribution is -0.0649. The van der Waals surface area contributed by atoms with Gasteiger partial charge in [-0.1, -0.05) is 71.6 Å². The van der Waals surface area contributed by atoms with Crippen LogP contribution in [-0.2, 0) is 0 Å². The molecule has 0 spiro atoms. The van der Waals surface area contributed by atoms with Crippen molar-refractivity contribution in [2.75, 3.05) is 0 Å². The molecule has 0 N–H and O–H groups in total. The van der Waals surface area contributed by atoms with Gasteiger partial charge in [0, 0.05) is 0 Å². The van der Waals surface area contributed by atoms with Gasteiger partial charge in [-0.2, -0.15) is 0 Å². The van der Waals surface area contributed by atoms with Crippen molar-refractivity contribution in [1.29, 1.82) is 0 Å². The Bertz CT molecular complexity index is 336. The SMILES string of the molecule is CCCCCCCC1CCC(C23CCC(CCC)(CC2)CC3)CC1. The molecule has 0 atom stereocenters. The molecule has 4 aliphatic rings. The van der Waals surface area contributed by atoms with E-state index in [1.165, 1.54) is 44.9 Å². The molecule has 4 aliphatic carbocycles. The average Bonchev–Trinajstić information content (AvgIpc) is 2.64. The molecule has 0 heteroatoms. The van der Waals surface area contributed by atoms with Gasteiger partial charge in [0.05, 0.1) is 0 Å². The Morgan fingerprint density at radius 1 is 0.667 bits per heavy atom. The third-order valence-corrected chi connectivity index (χ3v) is 8.67. The summed E-state index contributed by atoms with van der Waals surface area (Å²) in [5.41, 5.74) is 1.60. The van der Waals surface area contributed by atoms with E-state index in [0.717, 1.165) is 22.7 Å². The molecule has 0 radical (unpaired) electrons. The molecule has 4 saturated carbocycles. The molecule has 0 nitrogen and oxygen atoms in total. The lowest BCUT2D eigenvalue weighted by atomic mass is 9.47. The van der Waals surface area contributed by atoms with E-state index in [9.17, 15) is 0 Å². The minimum Gasteiger partial charge on any atom is -0.0654 e. The summed E-state index contributed by atoms with van der Waals surface area (Å²) in [5, 5.41) is 0. The van der Waals surface area contributed by atoms with Crippen molar-refractivity contribution in [1.82, 2.24) is 0 Å². The lowest BCUT2D eigenvalue weighted by Gasteiger charge is -2.58. The van der Waals surface area contributed by atoms with E-state index in [4.69, 9.17) is 0 Å². The second kappa shape index (κ2) is 8.59. The van der Waals surface area contributed by atoms with Crippen LogP contribution in [0.25, 0.3) is 0 Å². The van der Waals surface area contributed by atoms with Crippen LogP contribution < -0.4 is 0 Å². The van der Waals surface area contributed by atoms with Crippen molar-refractivity contribution < 1.29 is 0 Å². The highest BCUT2D eigenvalue weighted by Gasteiger charge is 2.51. The molecule has 0 aliphatic heterocycles. The Morgan fingerprint density at radius 2 is 1.29 bits per heavy atom. The minimum absolute atomic E-state index is 0.798. The largest absolute Gasteiger partial charge is 0.0654 e. The van der Waals surface area contributed by atoms with Gasteiger partial charge < -0.3 is 0 Å². The monoisotopic (exact) mass is 332 g/mol. The second-order valence-electron chi connectivity index (χ2n) is 10.0. The molecule has 0 amide bonds. The van der Waals surface area contributed by atoms with Crippen LogP contribution in [0, 0.1) is 22.7 Å². The summed E-state index contributed by atoms with van der Waals surface area (Å²) in [4.78, 5) is 0. The zero-order valence-electron chi connectivity index (χ0n) is 16.9. The molecule has 0 aromatic heterocycles. The Kier molecular flexibility index (Phi) is 6.72. The minimum atomic E-state index is 0.798. The van der Waals surface area contributed by atoms with Gasteiger partial charge in [-0.15, -0.1) is 0 Å². The fourth-order valence-corrected chi connectivity index (χ4v) is 6.91. The number of fused-ring (bicyclic) bond motifs is 3. The van der Waals surface area contributed by atoms with Gasteiger partial charge in [0.25, 0.3) is 0 Å². The molecule has 24 heavy (non-hydrogen) atoms. The highest BCUT2D eigenvalue weighted by molar-refractivity contribution is 5.02. The van der Waals surface area contributed by atoms with Crippen LogP contribution in [0.2, 0.25) is 0 Å². The molecule has 4 rings (SSSR count). The first-order valence-electron chi connectivity index (χ1n) is 11.7. The quantitative estimate of drug-likeness (QED) is 0.372. The summed E-state index contributed by atoms with van der Waals surface area (Å²) < 4.78 is 0. The van der Waals surface area contributed by atoms with Crippen LogP contribution in [0.5, 0.6) is 0 Å². The molecule has 140 valence electrons. The first-order chi connectivity index (χ1) is 11.7. The Morgan fingerprint density at radius 3 is 1.88 bits per heavy atom. The van der Waals surface area contributed by atoms with Crippen molar-refractivity contribution in [2.24, 2.45) is 22.7 Å². The maximum atomic E-state index is 2.40. The molecule has 0 aromatic rings. The molecule has 4 fully saturated rings. The van der Waals surface area contributed by atoms with Gasteiger partial charge in [-0.3, -0.25) is 0 Å². The number of unbranched alkanes of at least 4 members (excludes halogenated alkanes) is 4. The lowest BCUT2D eigenvalue weighted by Crippen LogP contribution is -2.46. The highest BCUT2D eigenvalue weighted by Crippen LogP contribution is 2.63. The van der Waals surface area contributed by atoms with Crippen LogP contribution in [0.3, 0.4) is 0 Å². The third-order valence-electron chi connectivity index (χ3n) is 8.67. The average molecular weight is 333 g/mol. The zero-order valence-corrected chi connectivity index (χ0v) is 16.9. The van der Waals surface area contributed by atoms with E-state index in [1.807, 2.05) is 0 Å². The van der Waals surface area contributed by atoms with E-state index in [-0.39, 0.29) is 0 Å². The van der Waals surface area contributed by atoms with Crippen molar-refractivity contribution in [3.63, 3.8) is 0 Å². The van der Waals surface area contributed by atoms with Gasteiger partial charge in [0.1, 0.15) is 0 Å². The number of rotatable bonds is 9. The van der Waals surface area contributed by atoms with Gasteiger partial charge >= 0.3 is 0 Å². The molecular formula is C24H44. The van der Waals surface area contributed by atoms with Crippen LogP contribution in [0.4, 0.5) is 0 Å². The number of hydrogen-bond acceptors (Lipinski definition) is 0. The van der Waals surface area contributed by atoms with Crippen molar-refractivity contribution in [3.05, 3.63) is 0 Å². The standard InChI is InChI=1S/C24H44/c1-3-5-6-7-8-9-21-10-12-22(13-11-21)24-18-15-23(14-4-2,16-19-24)17-20-24/h21-22H,3-20H2,1-2H3. The van der Waals surface area contributed by atoms with Gasteiger partial charge in [-0.05, 0) is 80.5 Å². The van der Waals surface area contributed by atoms with Gasteiger partial charge in [0.15, 0.2) is 0 Å². The Labute approximate surface area is 152 Å². The molecule has 0 saturated heterocycles. The molecular weight excluding hydrogens is 288 g/mol. The maximum Gasteiger partial charge on any atom is -0.0269 e. The summed E-state index contributed by atoms with van der Waals surface area (Å²) in [7, 11) is 0. The van der Waals surface area contributed by atoms with E-state index in [0.29, 0.717) is 0 Å². The van der Waals surface area contributed by atoms with Gasteiger partial charge in [0.2, 0.25) is 0 Å². The van der Waals surface area contributed by atoms with Crippen LogP contribution in [0.1, 0.15) is 129 Å². The first-order valence-corrected chi connectivity index (χ1v) is 11.7. The summed E-state index contributed by atoms with van der Waals surface area (Å²) in [5.74, 6) is 2.19. The second-order valence-corrected chi connectivity index (χ2v) is 10.0. The zero-order chi connectivity index (χ0) is 16.9. The van der Waals surface area contributed by atoms with Crippen molar-refractivity contribution in [2.45, 2.75) is 129 Å². The predicted octanol–water partition coefficient (Wildman–Crippen LogP) is 8.29. The van der Waals surface area contributed by atoms with Crippen LogP contribution in [0.15, 0.2) is 0 Å². The summed E-state index contributed by atoms with van der Waals surface area (Å²) in [6.45, 7) is 4.72. The van der Waals surface area contributed by atoms with E-state index in [1.54, 1.807) is 70.6 Å². The molecule has 0 aromatic carbocycles. The fourth-order valence-electron chi connectivity index (χ4n) is 6.91. The normalized spacial score (nSPS) is 39.2. The smallest absolute Gasteiger partial charge is 0.0269 e. The van der Waals surface area contributed by atoms with Crippen molar-refractivity contribution >= 4 is 0 Å². The Hall–Kier alpha value is 0. The van der Waals surface area contributed by atoms with Crippen LogP contribution in [-0.4, -0.2) is 0 Å². The third kappa shape index (κ3) is 4.21. The van der Waals surface area contributed by atoms with Crippen molar-refractivity contribution in [3.8, 4) is 0 Å². The summed E-state index contributed by atoms with van der Waals surface area (Å²) in [6, 6.07) is 0. The highest BCUT2D eigenvalue weighted by atomic mass is 14.6. The van der Waals surface area contributed by atoms with E-state index < -0.39 is 0 Å². The summed E-state index contributed by atoms with van der Waals surface area (Å²) >= 11 is 0. The Balaban J connectivity index is 1.40. The van der Waals surface area contributed by atoms with E-state index >= 15 is 0 Å². The molecule has 0 heterocycles. The maximum absolute atomic E-state index is 2.40. The predicted molar refractivity (Wildman–Crippen MR) is 106 cm³/mol. The van der Waals surface area contributed by atoms with Crippen LogP contribution >= 0.6 is 0 Å². The van der Waals surface area contributed by atoms with Gasteiger partial charge in [-0.25, -0.2) is 0 Å². The van der Waals surface area contributed by atoms with E-state index in [2.05, 4.69) is 13.8 Å². The molecule has 2 bridgehead atoms. The first kappa shape index (κ1) is 18.8. The molecule has 0 unspecified atom stereocenters. The topological polar surface area (TPSA) is 0 Å². The summed E-state index contributed by atoms with van der Waals surface area (Å²) in [6.07, 6.45) is 27.6. The fraction of sp³-hybridized carbons (Fsp3) is 1.00. The number of hydrogen-bond donors (Lipinski definition) is 0.